The number of aliphatic carboxylic acids is 1. The lowest BCUT2D eigenvalue weighted by atomic mass is 10.2. The molecule has 7 heteroatoms. The fourth-order valence-electron chi connectivity index (χ4n) is 1.03. The van der Waals surface area contributed by atoms with Crippen LogP contribution in [0.1, 0.15) is 12.5 Å². The van der Waals surface area contributed by atoms with Gasteiger partial charge in [-0.3, -0.25) is 4.79 Å². The molecule has 0 aliphatic rings. The first-order chi connectivity index (χ1) is 8.99. The maximum atomic E-state index is 11.5. The molecule has 0 aliphatic heterocycles. The normalized spacial score (nSPS) is 11.6. The van der Waals surface area contributed by atoms with Crippen molar-refractivity contribution in [3.63, 3.8) is 0 Å². The number of carboxylic acid groups (broad SMARTS) is 1. The summed E-state index contributed by atoms with van der Waals surface area (Å²) in [6, 6.07) is 9.27. The minimum Gasteiger partial charge on any atom is -0.480 e. The van der Waals surface area contributed by atoms with Crippen LogP contribution >= 0.6 is 35.7 Å². The number of carbonyl (C=O) groups excluding carboxylic acids is 1. The van der Waals surface area contributed by atoms with Crippen LogP contribution in [0.2, 0.25) is 0 Å². The smallest absolute Gasteiger partial charge is 0.373 e. The van der Waals surface area contributed by atoms with E-state index >= 15 is 0 Å². The van der Waals surface area contributed by atoms with E-state index in [9.17, 15) is 9.59 Å². The molecule has 1 rings (SSSR count). The number of hydrogen-bond donors (Lipinski definition) is 1. The zero-order valence-corrected chi connectivity index (χ0v) is 12.5. The first-order valence-electron chi connectivity index (χ1n) is 5.31. The van der Waals surface area contributed by atoms with E-state index in [0.717, 1.165) is 29.1 Å². The van der Waals surface area contributed by atoms with Gasteiger partial charge in [0.2, 0.25) is 0 Å². The number of rotatable bonds is 4. The summed E-state index contributed by atoms with van der Waals surface area (Å²) in [5.74, 6) is -0.967. The molecule has 1 unspecified atom stereocenters. The molecule has 1 atom stereocenters. The minimum absolute atomic E-state index is 0.175. The Hall–Kier alpha value is -1.05. The van der Waals surface area contributed by atoms with Gasteiger partial charge in [-0.2, -0.15) is 0 Å². The summed E-state index contributed by atoms with van der Waals surface area (Å²) < 4.78 is 5.26. The standard InChI is InChI=1S/C12H12O4S3/c1-8(10(13)14)18-12(17)19-11(15)16-7-9-5-3-2-4-6-9/h2-6,8H,7H2,1H3,(H,13,14). The van der Waals surface area contributed by atoms with Gasteiger partial charge < -0.3 is 9.84 Å². The van der Waals surface area contributed by atoms with E-state index in [0.29, 0.717) is 0 Å². The first kappa shape index (κ1) is 16.0. The van der Waals surface area contributed by atoms with Gasteiger partial charge in [0, 0.05) is 11.8 Å². The molecule has 0 aliphatic carbocycles. The molecule has 0 amide bonds. The highest BCUT2D eigenvalue weighted by atomic mass is 32.2. The van der Waals surface area contributed by atoms with Gasteiger partial charge in [-0.25, -0.2) is 4.79 Å². The molecular formula is C12H12O4S3. The zero-order valence-electron chi connectivity index (χ0n) is 10.1. The summed E-state index contributed by atoms with van der Waals surface area (Å²) in [5.41, 5.74) is 0.883. The van der Waals surface area contributed by atoms with E-state index in [1.54, 1.807) is 0 Å². The Morgan fingerprint density at radius 2 is 2.00 bits per heavy atom. The Morgan fingerprint density at radius 3 is 2.58 bits per heavy atom. The maximum Gasteiger partial charge on any atom is 0.373 e. The Labute approximate surface area is 124 Å². The summed E-state index contributed by atoms with van der Waals surface area (Å²) in [4.78, 5) is 22.1. The Bertz CT molecular complexity index is 461. The topological polar surface area (TPSA) is 63.6 Å². The van der Waals surface area contributed by atoms with Crippen molar-refractivity contribution in [2.75, 3.05) is 0 Å². The molecule has 1 aromatic rings. The van der Waals surface area contributed by atoms with Gasteiger partial charge in [-0.05, 0) is 12.5 Å². The summed E-state index contributed by atoms with van der Waals surface area (Å²) in [6.07, 6.45) is 0. The second-order valence-corrected chi connectivity index (χ2v) is 6.95. The van der Waals surface area contributed by atoms with E-state index in [2.05, 4.69) is 0 Å². The number of thiocarbonyl (C=S) groups is 1. The van der Waals surface area contributed by atoms with Crippen molar-refractivity contribution in [3.05, 3.63) is 35.9 Å². The van der Waals surface area contributed by atoms with Crippen LogP contribution in [0.25, 0.3) is 0 Å². The quantitative estimate of drug-likeness (QED) is 0.673. The molecule has 1 aromatic carbocycles. The molecule has 0 aromatic heterocycles. The zero-order chi connectivity index (χ0) is 14.3. The fraction of sp³-hybridized carbons (Fsp3) is 0.250. The van der Waals surface area contributed by atoms with Crippen LogP contribution in [0, 0.1) is 0 Å². The van der Waals surface area contributed by atoms with Crippen molar-refractivity contribution in [2.24, 2.45) is 0 Å². The van der Waals surface area contributed by atoms with Gasteiger partial charge in [0.05, 0.1) is 0 Å². The SMILES string of the molecule is CC(SC(=S)SC(=O)OCc1ccccc1)C(=O)O. The summed E-state index contributed by atoms with van der Waals surface area (Å²) in [7, 11) is 0. The molecule has 19 heavy (non-hydrogen) atoms. The molecule has 0 spiro atoms. The summed E-state index contributed by atoms with van der Waals surface area (Å²) >= 11 is 6.60. The molecule has 0 saturated heterocycles. The van der Waals surface area contributed by atoms with Gasteiger partial charge in [-0.15, -0.1) is 0 Å². The number of ether oxygens (including phenoxy) is 1. The lowest BCUT2D eigenvalue weighted by Crippen LogP contribution is -2.13. The average molecular weight is 316 g/mol. The van der Waals surface area contributed by atoms with Crippen LogP contribution < -0.4 is 0 Å². The molecule has 0 fully saturated rings. The van der Waals surface area contributed by atoms with Crippen molar-refractivity contribution < 1.29 is 19.4 Å². The van der Waals surface area contributed by atoms with Crippen LogP contribution in [-0.2, 0) is 16.1 Å². The van der Waals surface area contributed by atoms with Crippen molar-refractivity contribution in [3.8, 4) is 0 Å². The highest BCUT2D eigenvalue weighted by Crippen LogP contribution is 2.24. The van der Waals surface area contributed by atoms with Gasteiger partial charge in [0.25, 0.3) is 0 Å². The van der Waals surface area contributed by atoms with E-state index < -0.39 is 16.5 Å². The predicted octanol–water partition coefficient (Wildman–Crippen LogP) is 3.55. The Morgan fingerprint density at radius 1 is 1.37 bits per heavy atom. The maximum absolute atomic E-state index is 11.5. The van der Waals surface area contributed by atoms with Crippen molar-refractivity contribution in [1.82, 2.24) is 0 Å². The number of carboxylic acids is 1. The van der Waals surface area contributed by atoms with Gasteiger partial charge in [-0.1, -0.05) is 54.3 Å². The second kappa shape index (κ2) is 8.19. The molecule has 0 saturated carbocycles. The molecule has 0 heterocycles. The van der Waals surface area contributed by atoms with Crippen molar-refractivity contribution in [2.45, 2.75) is 18.8 Å². The van der Waals surface area contributed by atoms with E-state index in [1.807, 2.05) is 30.3 Å². The van der Waals surface area contributed by atoms with Crippen LogP contribution in [-0.4, -0.2) is 25.2 Å². The molecular weight excluding hydrogens is 304 g/mol. The number of hydrogen-bond acceptors (Lipinski definition) is 6. The van der Waals surface area contributed by atoms with Crippen LogP contribution in [0.15, 0.2) is 30.3 Å². The van der Waals surface area contributed by atoms with Crippen molar-refractivity contribution >= 4 is 50.5 Å². The van der Waals surface area contributed by atoms with E-state index in [-0.39, 0.29) is 10.1 Å². The lowest BCUT2D eigenvalue weighted by Gasteiger charge is -2.07. The first-order valence-corrected chi connectivity index (χ1v) is 7.41. The number of thioether (sulfide) groups is 2. The van der Waals surface area contributed by atoms with E-state index in [1.165, 1.54) is 6.92 Å². The molecule has 102 valence electrons. The largest absolute Gasteiger partial charge is 0.480 e. The Kier molecular flexibility index (Phi) is 6.90. The molecule has 1 N–H and O–H groups in total. The van der Waals surface area contributed by atoms with E-state index in [4.69, 9.17) is 22.1 Å². The highest BCUT2D eigenvalue weighted by Gasteiger charge is 2.17. The van der Waals surface area contributed by atoms with Gasteiger partial charge in [0.1, 0.15) is 15.4 Å². The highest BCUT2D eigenvalue weighted by molar-refractivity contribution is 8.52. The monoisotopic (exact) mass is 316 g/mol. The van der Waals surface area contributed by atoms with Gasteiger partial charge in [0.15, 0.2) is 0 Å². The molecule has 0 bridgehead atoms. The van der Waals surface area contributed by atoms with Crippen LogP contribution in [0.3, 0.4) is 0 Å². The summed E-state index contributed by atoms with van der Waals surface area (Å²) in [5, 5.41) is 7.50. The number of benzene rings is 1. The second-order valence-electron chi connectivity index (χ2n) is 3.47. The Balaban J connectivity index is 2.31. The van der Waals surface area contributed by atoms with Crippen LogP contribution in [0.4, 0.5) is 4.79 Å². The number of carbonyl (C=O) groups is 2. The summed E-state index contributed by atoms with van der Waals surface area (Å²) in [6.45, 7) is 1.68. The minimum atomic E-state index is -0.967. The third-order valence-electron chi connectivity index (χ3n) is 1.99. The fourth-order valence-corrected chi connectivity index (χ4v) is 3.14. The third-order valence-corrected chi connectivity index (χ3v) is 4.26. The van der Waals surface area contributed by atoms with Crippen molar-refractivity contribution in [1.29, 1.82) is 0 Å². The molecule has 4 nitrogen and oxygen atoms in total. The third kappa shape index (κ3) is 6.60. The predicted molar refractivity (Wildman–Crippen MR) is 81.5 cm³/mol. The van der Waals surface area contributed by atoms with Gasteiger partial charge >= 0.3 is 11.3 Å². The van der Waals surface area contributed by atoms with Crippen LogP contribution in [0.5, 0.6) is 0 Å². The lowest BCUT2D eigenvalue weighted by molar-refractivity contribution is -0.136. The molecule has 0 radical (unpaired) electrons. The average Bonchev–Trinajstić information content (AvgIpc) is 2.37.